The molecule has 0 heterocycles. The SMILES string of the molecule is CCOP(Cl)N=[P+](Cl)N(Cl)P(Cl)Cl. The second-order valence-electron chi connectivity index (χ2n) is 1.43. The zero-order valence-electron chi connectivity index (χ0n) is 6.24. The molecule has 0 bridgehead atoms. The van der Waals surface area contributed by atoms with E-state index in [1.807, 2.05) is 0 Å². The minimum atomic E-state index is -1.50. The summed E-state index contributed by atoms with van der Waals surface area (Å²) in [4.78, 5) is 0. The average Bonchev–Trinajstić information content (AvgIpc) is 2.03. The van der Waals surface area contributed by atoms with Gasteiger partial charge in [-0.2, -0.15) is 0 Å². The van der Waals surface area contributed by atoms with Crippen molar-refractivity contribution in [1.82, 2.24) is 3.96 Å². The monoisotopic (exact) mass is 341 g/mol. The molecule has 78 valence electrons. The lowest BCUT2D eigenvalue weighted by Crippen LogP contribution is -1.81. The van der Waals surface area contributed by atoms with Crippen molar-refractivity contribution in [2.45, 2.75) is 6.92 Å². The van der Waals surface area contributed by atoms with Gasteiger partial charge in [0.05, 0.1) is 6.61 Å². The number of hydrogen-bond acceptors (Lipinski definition) is 2. The molecule has 0 saturated heterocycles. The quantitative estimate of drug-likeness (QED) is 0.427. The maximum absolute atomic E-state index is 5.75. The van der Waals surface area contributed by atoms with Gasteiger partial charge in [0, 0.05) is 15.7 Å². The second-order valence-corrected chi connectivity index (χ2v) is 9.91. The topological polar surface area (TPSA) is 24.8 Å². The Morgan fingerprint density at radius 2 is 2.00 bits per heavy atom. The van der Waals surface area contributed by atoms with E-state index < -0.39 is 21.6 Å². The highest BCUT2D eigenvalue weighted by Gasteiger charge is 2.30. The van der Waals surface area contributed by atoms with E-state index >= 15 is 0 Å². The fourth-order valence-corrected chi connectivity index (χ4v) is 6.59. The summed E-state index contributed by atoms with van der Waals surface area (Å²) in [5.74, 6) is 0. The number of rotatable bonds is 5. The summed E-state index contributed by atoms with van der Waals surface area (Å²) in [5, 5.41) is 0. The molecule has 0 aromatic rings. The molecular formula is C2H5Cl5N2OP3+. The van der Waals surface area contributed by atoms with Gasteiger partial charge in [0.15, 0.2) is 0 Å². The van der Waals surface area contributed by atoms with Gasteiger partial charge in [0.2, 0.25) is 18.0 Å². The van der Waals surface area contributed by atoms with Crippen LogP contribution >= 0.6 is 78.4 Å². The first-order chi connectivity index (χ1) is 5.99. The normalized spacial score (nSPS) is 15.5. The third kappa shape index (κ3) is 7.25. The summed E-state index contributed by atoms with van der Waals surface area (Å²) in [6, 6.07) is 0. The molecule has 2 atom stereocenters. The fourth-order valence-electron chi connectivity index (χ4n) is 0.279. The summed E-state index contributed by atoms with van der Waals surface area (Å²) in [5.41, 5.74) is 0. The van der Waals surface area contributed by atoms with Crippen molar-refractivity contribution in [2.24, 2.45) is 4.52 Å². The molecule has 0 aliphatic heterocycles. The highest BCUT2D eigenvalue weighted by atomic mass is 35.9. The summed E-state index contributed by atoms with van der Waals surface area (Å²) < 4.78 is 9.89. The predicted molar refractivity (Wildman–Crippen MR) is 65.9 cm³/mol. The molecule has 0 radical (unpaired) electrons. The average molecular weight is 343 g/mol. The molecule has 0 amide bonds. The molecule has 0 aliphatic carbocycles. The maximum Gasteiger partial charge on any atom is 0.447 e. The molecular weight excluding hydrogens is 338 g/mol. The third-order valence-electron chi connectivity index (χ3n) is 0.641. The minimum Gasteiger partial charge on any atom is -0.324 e. The smallest absolute Gasteiger partial charge is 0.324 e. The van der Waals surface area contributed by atoms with Crippen molar-refractivity contribution in [3.63, 3.8) is 0 Å². The lowest BCUT2D eigenvalue weighted by molar-refractivity contribution is 0.386. The van der Waals surface area contributed by atoms with Gasteiger partial charge in [-0.25, -0.2) is 0 Å². The first-order valence-corrected chi connectivity index (χ1v) is 10.5. The van der Waals surface area contributed by atoms with Crippen LogP contribution < -0.4 is 0 Å². The Morgan fingerprint density at radius 1 is 1.46 bits per heavy atom. The van der Waals surface area contributed by atoms with Crippen molar-refractivity contribution in [3.05, 3.63) is 0 Å². The van der Waals surface area contributed by atoms with Crippen molar-refractivity contribution in [2.75, 3.05) is 6.61 Å². The number of nitrogens with zero attached hydrogens (tertiary/aromatic N) is 2. The Bertz CT molecular complexity index is 181. The van der Waals surface area contributed by atoms with E-state index in [-0.39, 0.29) is 0 Å². The highest BCUT2D eigenvalue weighted by Crippen LogP contribution is 2.65. The fraction of sp³-hybridized carbons (Fsp3) is 1.00. The Hall–Kier alpha value is 2.33. The molecule has 11 heteroatoms. The van der Waals surface area contributed by atoms with Gasteiger partial charge >= 0.3 is 14.9 Å². The summed E-state index contributed by atoms with van der Waals surface area (Å²) in [6.45, 7) is 0.775. The van der Waals surface area contributed by atoms with E-state index in [0.717, 1.165) is 3.96 Å². The van der Waals surface area contributed by atoms with E-state index in [1.54, 1.807) is 6.92 Å². The van der Waals surface area contributed by atoms with Crippen LogP contribution in [0.25, 0.3) is 0 Å². The van der Waals surface area contributed by atoms with Crippen LogP contribution in [0.1, 0.15) is 6.92 Å². The van der Waals surface area contributed by atoms with Crippen LogP contribution in [0.3, 0.4) is 0 Å². The second kappa shape index (κ2) is 8.48. The standard InChI is InChI=1S/C2H5Cl5N2OP3/c1-2-10-13(7)8-12(6)9(3)11(4)5/h2H2,1H3/q+1. The number of hydrogen-bond donors (Lipinski definition) is 0. The van der Waals surface area contributed by atoms with Gasteiger partial charge in [-0.3, -0.25) is 0 Å². The molecule has 3 nitrogen and oxygen atoms in total. The van der Waals surface area contributed by atoms with E-state index in [0.29, 0.717) is 6.61 Å². The van der Waals surface area contributed by atoms with Crippen LogP contribution in [0, 0.1) is 0 Å². The van der Waals surface area contributed by atoms with E-state index in [2.05, 4.69) is 4.52 Å². The van der Waals surface area contributed by atoms with Gasteiger partial charge < -0.3 is 4.52 Å². The van der Waals surface area contributed by atoms with Gasteiger partial charge in [0.25, 0.3) is 0 Å². The van der Waals surface area contributed by atoms with E-state index in [9.17, 15) is 0 Å². The van der Waals surface area contributed by atoms with E-state index in [1.165, 1.54) is 0 Å². The van der Waals surface area contributed by atoms with Gasteiger partial charge in [-0.15, -0.1) is 0 Å². The van der Waals surface area contributed by atoms with Gasteiger partial charge in [0.1, 0.15) is 0 Å². The van der Waals surface area contributed by atoms with Crippen LogP contribution in [0.5, 0.6) is 0 Å². The first-order valence-electron chi connectivity index (χ1n) is 2.82. The summed E-state index contributed by atoms with van der Waals surface area (Å²) in [6.07, 6.45) is 0. The molecule has 0 aromatic carbocycles. The van der Waals surface area contributed by atoms with Crippen LogP contribution in [-0.4, -0.2) is 10.6 Å². The molecule has 0 N–H and O–H groups in total. The van der Waals surface area contributed by atoms with Crippen molar-refractivity contribution in [1.29, 1.82) is 0 Å². The van der Waals surface area contributed by atoms with Gasteiger partial charge in [-0.05, 0) is 22.7 Å². The lowest BCUT2D eigenvalue weighted by atomic mass is 10.9. The van der Waals surface area contributed by atoms with Crippen molar-refractivity contribution < 1.29 is 4.52 Å². The summed E-state index contributed by atoms with van der Waals surface area (Å²) in [7, 11) is -2.92. The molecule has 0 aromatic heterocycles. The first kappa shape index (κ1) is 15.3. The minimum absolute atomic E-state index is 0.470. The Morgan fingerprint density at radius 3 is 2.38 bits per heavy atom. The summed E-state index contributed by atoms with van der Waals surface area (Å²) >= 11 is 28.0. The number of halogens is 5. The molecule has 13 heavy (non-hydrogen) atoms. The van der Waals surface area contributed by atoms with Crippen LogP contribution in [-0.2, 0) is 4.52 Å². The molecule has 0 saturated carbocycles. The van der Waals surface area contributed by atoms with Crippen molar-refractivity contribution >= 4 is 78.4 Å². The van der Waals surface area contributed by atoms with E-state index in [4.69, 9.17) is 61.3 Å². The largest absolute Gasteiger partial charge is 0.447 e. The Labute approximate surface area is 104 Å². The maximum atomic E-state index is 5.75. The zero-order chi connectivity index (χ0) is 10.4. The van der Waals surface area contributed by atoms with Crippen LogP contribution in [0.2, 0.25) is 0 Å². The van der Waals surface area contributed by atoms with Crippen LogP contribution in [0.15, 0.2) is 4.52 Å². The third-order valence-corrected chi connectivity index (χ3v) is 9.23. The molecule has 0 rings (SSSR count). The zero-order valence-corrected chi connectivity index (χ0v) is 12.7. The van der Waals surface area contributed by atoms with Crippen LogP contribution in [0.4, 0.5) is 0 Å². The predicted octanol–water partition coefficient (Wildman–Crippen LogP) is 6.38. The molecule has 0 spiro atoms. The lowest BCUT2D eigenvalue weighted by Gasteiger charge is -2.00. The van der Waals surface area contributed by atoms with Gasteiger partial charge in [-0.1, -0.05) is 22.5 Å². The molecule has 2 unspecified atom stereocenters. The molecule has 0 aliphatic rings. The Balaban J connectivity index is 4.13. The molecule has 0 fully saturated rings. The Kier molecular flexibility index (Phi) is 10.00. The highest BCUT2D eigenvalue weighted by molar-refractivity contribution is 8.07. The van der Waals surface area contributed by atoms with Crippen molar-refractivity contribution in [3.8, 4) is 0 Å².